The Bertz CT molecular complexity index is 829. The van der Waals surface area contributed by atoms with E-state index < -0.39 is 5.72 Å². The van der Waals surface area contributed by atoms with Crippen molar-refractivity contribution in [3.63, 3.8) is 0 Å². The van der Waals surface area contributed by atoms with Crippen LogP contribution >= 0.6 is 0 Å². The molecule has 1 aliphatic heterocycles. The van der Waals surface area contributed by atoms with Gasteiger partial charge in [-0.1, -0.05) is 77.5 Å². The van der Waals surface area contributed by atoms with Crippen LogP contribution in [0.5, 0.6) is 0 Å². The average Bonchev–Trinajstić information content (AvgIpc) is 2.82. The van der Waals surface area contributed by atoms with E-state index in [1.807, 2.05) is 66.8 Å². The molecule has 2 aromatic carbocycles. The molecular formula is C21H18N2O. The summed E-state index contributed by atoms with van der Waals surface area (Å²) in [5, 5.41) is 4.42. The van der Waals surface area contributed by atoms with Crippen LogP contribution < -0.4 is 4.90 Å². The number of hydrogen-bond donors (Lipinski definition) is 0. The maximum Gasteiger partial charge on any atom is 0.254 e. The highest BCUT2D eigenvalue weighted by Gasteiger charge is 2.43. The fourth-order valence-electron chi connectivity index (χ4n) is 2.93. The molecule has 4 rings (SSSR count). The third-order valence-electron chi connectivity index (χ3n) is 4.17. The van der Waals surface area contributed by atoms with Crippen molar-refractivity contribution in [3.8, 4) is 0 Å². The molecule has 118 valence electrons. The normalized spacial score (nSPS) is 17.7. The van der Waals surface area contributed by atoms with E-state index in [0.717, 1.165) is 17.1 Å². The Morgan fingerprint density at radius 3 is 2.17 bits per heavy atom. The Morgan fingerprint density at radius 2 is 1.50 bits per heavy atom. The molecule has 0 bridgehead atoms. The van der Waals surface area contributed by atoms with Crippen molar-refractivity contribution < 1.29 is 4.84 Å². The maximum absolute atomic E-state index is 5.93. The summed E-state index contributed by atoms with van der Waals surface area (Å²) < 4.78 is 0. The highest BCUT2D eigenvalue weighted by molar-refractivity contribution is 6.11. The number of amidine groups is 1. The number of allylic oxidation sites excluding steroid dienone is 4. The fourth-order valence-corrected chi connectivity index (χ4v) is 2.93. The second kappa shape index (κ2) is 5.85. The third-order valence-corrected chi connectivity index (χ3v) is 4.17. The van der Waals surface area contributed by atoms with Crippen LogP contribution in [0.3, 0.4) is 0 Å². The van der Waals surface area contributed by atoms with Crippen molar-refractivity contribution in [2.75, 3.05) is 4.90 Å². The van der Waals surface area contributed by atoms with Crippen LogP contribution in [0, 0.1) is 6.92 Å². The smallest absolute Gasteiger partial charge is 0.254 e. The van der Waals surface area contributed by atoms with Crippen LogP contribution in [0.15, 0.2) is 96.2 Å². The highest BCUT2D eigenvalue weighted by Crippen LogP contribution is 2.36. The van der Waals surface area contributed by atoms with Gasteiger partial charge < -0.3 is 4.84 Å². The number of aryl methyl sites for hydroxylation is 1. The molecule has 2 aromatic rings. The molecule has 0 aromatic heterocycles. The Labute approximate surface area is 141 Å². The Balaban J connectivity index is 1.85. The molecule has 0 amide bonds. The number of nitrogens with zero attached hydrogens (tertiary/aromatic N) is 2. The van der Waals surface area contributed by atoms with Crippen LogP contribution in [0.2, 0.25) is 0 Å². The summed E-state index contributed by atoms with van der Waals surface area (Å²) in [6.45, 7) is 2.08. The standard InChI is InChI=1S/C21H18N2O/c1-17-11-13-19(14-12-17)23-20(18-9-5-4-6-10-18)22-24-21(23)15-7-2-3-8-16-21/h2-16H,1H3. The van der Waals surface area contributed by atoms with Crippen LogP contribution in [0.1, 0.15) is 11.1 Å². The molecule has 0 fully saturated rings. The van der Waals surface area contributed by atoms with E-state index in [1.54, 1.807) is 0 Å². The second-order valence-corrected chi connectivity index (χ2v) is 5.90. The average molecular weight is 314 g/mol. The van der Waals surface area contributed by atoms with Crippen LogP contribution in [0.4, 0.5) is 5.69 Å². The summed E-state index contributed by atoms with van der Waals surface area (Å²) in [4.78, 5) is 8.05. The van der Waals surface area contributed by atoms with E-state index in [-0.39, 0.29) is 0 Å². The van der Waals surface area contributed by atoms with E-state index in [4.69, 9.17) is 4.84 Å². The number of anilines is 1. The predicted molar refractivity (Wildman–Crippen MR) is 97.9 cm³/mol. The zero-order valence-corrected chi connectivity index (χ0v) is 13.5. The van der Waals surface area contributed by atoms with Crippen molar-refractivity contribution in [1.82, 2.24) is 0 Å². The molecule has 0 atom stereocenters. The van der Waals surface area contributed by atoms with Gasteiger partial charge in [0.05, 0.1) is 0 Å². The highest BCUT2D eigenvalue weighted by atomic mass is 16.7. The van der Waals surface area contributed by atoms with Gasteiger partial charge >= 0.3 is 0 Å². The Hall–Kier alpha value is -3.07. The van der Waals surface area contributed by atoms with Gasteiger partial charge in [-0.3, -0.25) is 4.90 Å². The summed E-state index contributed by atoms with van der Waals surface area (Å²) in [5.74, 6) is 0.802. The Morgan fingerprint density at radius 1 is 0.833 bits per heavy atom. The minimum atomic E-state index is -0.746. The van der Waals surface area contributed by atoms with Crippen LogP contribution in [0.25, 0.3) is 0 Å². The van der Waals surface area contributed by atoms with Gasteiger partial charge in [-0.05, 0) is 31.2 Å². The van der Waals surface area contributed by atoms with Crippen molar-refractivity contribution in [1.29, 1.82) is 0 Å². The van der Waals surface area contributed by atoms with Crippen molar-refractivity contribution in [2.45, 2.75) is 12.6 Å². The predicted octanol–water partition coefficient (Wildman–Crippen LogP) is 4.57. The lowest BCUT2D eigenvalue weighted by molar-refractivity contribution is 0.0608. The van der Waals surface area contributed by atoms with Gasteiger partial charge in [0, 0.05) is 11.3 Å². The molecule has 0 saturated heterocycles. The number of rotatable bonds is 2. The molecule has 0 unspecified atom stereocenters. The third kappa shape index (κ3) is 2.44. The first-order valence-corrected chi connectivity index (χ1v) is 8.01. The Kier molecular flexibility index (Phi) is 3.54. The van der Waals surface area contributed by atoms with Crippen LogP contribution in [-0.2, 0) is 4.84 Å². The number of oxime groups is 1. The van der Waals surface area contributed by atoms with E-state index in [2.05, 4.69) is 41.2 Å². The molecule has 1 aliphatic carbocycles. The second-order valence-electron chi connectivity index (χ2n) is 5.90. The summed E-state index contributed by atoms with van der Waals surface area (Å²) in [5.41, 5.74) is 2.54. The van der Waals surface area contributed by atoms with Gasteiger partial charge in [-0.25, -0.2) is 0 Å². The first-order valence-electron chi connectivity index (χ1n) is 8.01. The first-order chi connectivity index (χ1) is 11.8. The maximum atomic E-state index is 5.93. The lowest BCUT2D eigenvalue weighted by Crippen LogP contribution is -2.46. The molecule has 0 N–H and O–H groups in total. The van der Waals surface area contributed by atoms with Gasteiger partial charge in [0.25, 0.3) is 5.72 Å². The molecule has 1 spiro atoms. The first kappa shape index (κ1) is 14.5. The summed E-state index contributed by atoms with van der Waals surface area (Å²) >= 11 is 0. The molecular weight excluding hydrogens is 296 g/mol. The number of benzene rings is 2. The van der Waals surface area contributed by atoms with E-state index in [1.165, 1.54) is 5.56 Å². The van der Waals surface area contributed by atoms with Gasteiger partial charge in [-0.2, -0.15) is 0 Å². The van der Waals surface area contributed by atoms with Crippen molar-refractivity contribution >= 4 is 11.5 Å². The topological polar surface area (TPSA) is 24.8 Å². The van der Waals surface area contributed by atoms with Gasteiger partial charge in [0.2, 0.25) is 0 Å². The molecule has 3 heteroatoms. The van der Waals surface area contributed by atoms with Crippen LogP contribution in [-0.4, -0.2) is 11.6 Å². The zero-order chi connectivity index (χ0) is 16.4. The molecule has 1 heterocycles. The monoisotopic (exact) mass is 314 g/mol. The lowest BCUT2D eigenvalue weighted by atomic mass is 10.1. The van der Waals surface area contributed by atoms with Crippen molar-refractivity contribution in [3.05, 3.63) is 102 Å². The molecule has 3 nitrogen and oxygen atoms in total. The van der Waals surface area contributed by atoms with E-state index in [9.17, 15) is 0 Å². The van der Waals surface area contributed by atoms with Gasteiger partial charge in [-0.15, -0.1) is 0 Å². The van der Waals surface area contributed by atoms with Gasteiger partial charge in [0.15, 0.2) is 5.84 Å². The summed E-state index contributed by atoms with van der Waals surface area (Å²) in [6, 6.07) is 18.5. The van der Waals surface area contributed by atoms with E-state index in [0.29, 0.717) is 0 Å². The SMILES string of the molecule is Cc1ccc(N2C(c3ccccc3)=NOC23C=CC=CC=C3)cc1. The lowest BCUT2D eigenvalue weighted by Gasteiger charge is -2.32. The zero-order valence-electron chi connectivity index (χ0n) is 13.5. The fraction of sp³-hybridized carbons (Fsp3) is 0.0952. The molecule has 0 saturated carbocycles. The van der Waals surface area contributed by atoms with Gasteiger partial charge in [0.1, 0.15) is 0 Å². The minimum absolute atomic E-state index is 0.746. The largest absolute Gasteiger partial charge is 0.356 e. The summed E-state index contributed by atoms with van der Waals surface area (Å²) in [7, 11) is 0. The summed E-state index contributed by atoms with van der Waals surface area (Å²) in [6.07, 6.45) is 12.0. The van der Waals surface area contributed by atoms with Crippen molar-refractivity contribution in [2.24, 2.45) is 5.16 Å². The molecule has 2 aliphatic rings. The van der Waals surface area contributed by atoms with E-state index >= 15 is 0 Å². The molecule has 0 radical (unpaired) electrons. The number of hydrogen-bond acceptors (Lipinski definition) is 3. The minimum Gasteiger partial charge on any atom is -0.356 e. The quantitative estimate of drug-likeness (QED) is 0.811. The molecule has 24 heavy (non-hydrogen) atoms.